The van der Waals surface area contributed by atoms with Crippen LogP contribution in [0.5, 0.6) is 0 Å². The average Bonchev–Trinajstić information content (AvgIpc) is 3.46. The zero-order valence-electron chi connectivity index (χ0n) is 21.2. The van der Waals surface area contributed by atoms with Gasteiger partial charge in [-0.05, 0) is 35.8 Å². The standard InChI is InChI=1S/C17H7F10NO4S2.C6H12N2/c18-14(19,20)16(24,25)33(29,30)11-6-9-8-4-2-1-3-7(8)5-10(9)12(28)13(11)34(31,32)17(26,27)15(21,22)23;1-3-8-5-4-7(2)6-8/h1-6,28H;4-5H,3,6H2,1-2H3. The van der Waals surface area contributed by atoms with Crippen LogP contribution in [0.2, 0.25) is 0 Å². The Kier molecular flexibility index (Phi) is 8.23. The fourth-order valence-corrected chi connectivity index (χ4v) is 7.00. The van der Waals surface area contributed by atoms with Gasteiger partial charge in [-0.25, -0.2) is 16.8 Å². The van der Waals surface area contributed by atoms with Crippen LogP contribution in [0.15, 0.2) is 58.1 Å². The zero-order chi connectivity index (χ0) is 32.3. The van der Waals surface area contributed by atoms with Crippen molar-refractivity contribution in [2.75, 3.05) is 20.3 Å². The Morgan fingerprint density at radius 1 is 0.786 bits per heavy atom. The number of alkyl halides is 10. The molecule has 0 radical (unpaired) electrons. The Balaban J connectivity index is 0.000000521. The number of hydrogen-bond donors (Lipinski definition) is 1. The summed E-state index contributed by atoms with van der Waals surface area (Å²) in [5.74, 6) is 0. The van der Waals surface area contributed by atoms with Crippen molar-refractivity contribution >= 4 is 37.0 Å². The number of rotatable bonds is 5. The predicted octanol–water partition coefficient (Wildman–Crippen LogP) is 5.53. The molecule has 232 valence electrons. The molecule has 0 bridgehead atoms. The number of fused-ring (bicyclic) bond motifs is 3. The van der Waals surface area contributed by atoms with Crippen molar-refractivity contribution in [3.63, 3.8) is 0 Å². The number of benzene rings is 1. The summed E-state index contributed by atoms with van der Waals surface area (Å²) in [5.41, 5.74) is -3.48. The predicted molar refractivity (Wildman–Crippen MR) is 131 cm³/mol. The Morgan fingerprint density at radius 2 is 1.31 bits per heavy atom. The summed E-state index contributed by atoms with van der Waals surface area (Å²) in [4.78, 5) is -1.17. The van der Waals surface area contributed by atoms with Crippen LogP contribution in [0.1, 0.15) is 18.1 Å². The van der Waals surface area contributed by atoms with Crippen LogP contribution in [-0.2, 0) is 19.7 Å². The number of hydrogen-bond acceptors (Lipinski definition) is 7. The summed E-state index contributed by atoms with van der Waals surface area (Å²) >= 11 is 0. The Hall–Kier alpha value is -3.35. The van der Waals surface area contributed by atoms with Crippen molar-refractivity contribution in [1.82, 2.24) is 9.80 Å². The van der Waals surface area contributed by atoms with Gasteiger partial charge in [0, 0.05) is 31.6 Å². The van der Waals surface area contributed by atoms with Gasteiger partial charge in [-0.1, -0.05) is 24.3 Å². The highest BCUT2D eigenvalue weighted by molar-refractivity contribution is 8.01. The maximum atomic E-state index is 13.9. The van der Waals surface area contributed by atoms with Gasteiger partial charge in [0.05, 0.1) is 17.3 Å². The normalized spacial score (nSPS) is 18.0. The molecule has 0 saturated heterocycles. The second-order valence-electron chi connectivity index (χ2n) is 8.91. The van der Waals surface area contributed by atoms with Gasteiger partial charge >= 0.3 is 22.9 Å². The molecule has 0 spiro atoms. The molecule has 1 aromatic carbocycles. The molecule has 7 nitrogen and oxygen atoms in total. The fourth-order valence-electron chi connectivity index (χ4n) is 3.88. The maximum Gasteiger partial charge on any atom is 0.469 e. The SMILES string of the molecule is CCN1C=CN(C)C1.N=C1C2=Cc3ccccc3C2=CC(S(=O)(=O)C(F)(F)C(F)(F)F)=C1S(=O)(=O)C(F)(F)C(F)(F)F. The van der Waals surface area contributed by atoms with Gasteiger partial charge in [0.25, 0.3) is 19.7 Å². The highest BCUT2D eigenvalue weighted by Crippen LogP contribution is 2.52. The maximum absolute atomic E-state index is 13.9. The third-order valence-electron chi connectivity index (χ3n) is 6.07. The van der Waals surface area contributed by atoms with Gasteiger partial charge in [0.15, 0.2) is 0 Å². The van der Waals surface area contributed by atoms with Gasteiger partial charge in [0.1, 0.15) is 4.91 Å². The number of nitrogens with zero attached hydrogens (tertiary/aromatic N) is 2. The van der Waals surface area contributed by atoms with E-state index in [-0.39, 0.29) is 17.2 Å². The molecule has 0 aromatic heterocycles. The number of halogens is 10. The monoisotopic (exact) mass is 655 g/mol. The van der Waals surface area contributed by atoms with E-state index in [1.807, 2.05) is 0 Å². The van der Waals surface area contributed by atoms with Crippen LogP contribution >= 0.6 is 0 Å². The van der Waals surface area contributed by atoms with E-state index in [1.165, 1.54) is 18.2 Å². The number of sulfone groups is 2. The van der Waals surface area contributed by atoms with Gasteiger partial charge < -0.3 is 9.80 Å². The summed E-state index contributed by atoms with van der Waals surface area (Å²) < 4.78 is 181. The summed E-state index contributed by atoms with van der Waals surface area (Å²) in [7, 11) is -12.7. The molecule has 0 amide bonds. The van der Waals surface area contributed by atoms with Crippen molar-refractivity contribution in [3.8, 4) is 0 Å². The second-order valence-corrected chi connectivity index (χ2v) is 12.8. The van der Waals surface area contributed by atoms with Crippen LogP contribution < -0.4 is 0 Å². The zero-order valence-corrected chi connectivity index (χ0v) is 22.8. The fraction of sp³-hybridized carbons (Fsp3) is 0.348. The van der Waals surface area contributed by atoms with Crippen molar-refractivity contribution in [1.29, 1.82) is 5.41 Å². The lowest BCUT2D eigenvalue weighted by Crippen LogP contribution is -2.48. The molecule has 1 heterocycles. The highest BCUT2D eigenvalue weighted by Gasteiger charge is 2.72. The third-order valence-corrected chi connectivity index (χ3v) is 9.88. The first kappa shape index (κ1) is 33.2. The van der Waals surface area contributed by atoms with Gasteiger partial charge in [-0.15, -0.1) is 0 Å². The van der Waals surface area contributed by atoms with E-state index in [1.54, 1.807) is 0 Å². The average molecular weight is 656 g/mol. The molecule has 2 aliphatic carbocycles. The summed E-state index contributed by atoms with van der Waals surface area (Å²) in [6.07, 6.45) is -9.02. The molecule has 1 N–H and O–H groups in total. The molecule has 0 atom stereocenters. The van der Waals surface area contributed by atoms with Gasteiger partial charge in [0.2, 0.25) is 0 Å². The van der Waals surface area contributed by atoms with Crippen LogP contribution in [0, 0.1) is 5.41 Å². The lowest BCUT2D eigenvalue weighted by molar-refractivity contribution is -0.241. The first-order valence-corrected chi connectivity index (χ1v) is 14.3. The summed E-state index contributed by atoms with van der Waals surface area (Å²) in [5, 5.41) is -5.85. The minimum atomic E-state index is -7.40. The first-order valence-electron chi connectivity index (χ1n) is 11.3. The molecule has 3 aliphatic rings. The summed E-state index contributed by atoms with van der Waals surface area (Å²) in [6, 6.07) is 4.95. The molecule has 0 fully saturated rings. The van der Waals surface area contributed by atoms with Crippen molar-refractivity contribution in [3.05, 3.63) is 69.3 Å². The van der Waals surface area contributed by atoms with E-state index in [2.05, 4.69) is 36.2 Å². The molecule has 0 saturated carbocycles. The largest absolute Gasteiger partial charge is 0.469 e. The van der Waals surface area contributed by atoms with Crippen LogP contribution in [0.3, 0.4) is 0 Å². The molecule has 42 heavy (non-hydrogen) atoms. The van der Waals surface area contributed by atoms with Crippen molar-refractivity contribution in [2.24, 2.45) is 0 Å². The molecule has 4 rings (SSSR count). The summed E-state index contributed by atoms with van der Waals surface area (Å²) in [6.45, 7) is 4.32. The molecule has 1 aliphatic heterocycles. The quantitative estimate of drug-likeness (QED) is 0.419. The van der Waals surface area contributed by atoms with Crippen molar-refractivity contribution in [2.45, 2.75) is 29.8 Å². The van der Waals surface area contributed by atoms with E-state index >= 15 is 0 Å². The smallest absolute Gasteiger partial charge is 0.362 e. The Labute approximate surface area is 232 Å². The molecule has 0 unspecified atom stereocenters. The van der Waals surface area contributed by atoms with Crippen LogP contribution in [-0.4, -0.2) is 75.5 Å². The van der Waals surface area contributed by atoms with E-state index in [0.717, 1.165) is 25.4 Å². The Morgan fingerprint density at radius 3 is 1.76 bits per heavy atom. The van der Waals surface area contributed by atoms with Crippen LogP contribution in [0.4, 0.5) is 43.9 Å². The second kappa shape index (κ2) is 10.4. The van der Waals surface area contributed by atoms with Gasteiger partial charge in [-0.2, -0.15) is 43.9 Å². The minimum Gasteiger partial charge on any atom is -0.362 e. The Bertz CT molecular complexity index is 1640. The van der Waals surface area contributed by atoms with E-state index < -0.39 is 69.2 Å². The van der Waals surface area contributed by atoms with Gasteiger partial charge in [-0.3, -0.25) is 5.41 Å². The number of nitrogens with one attached hydrogen (secondary N) is 1. The molecule has 1 aromatic rings. The number of allylic oxidation sites excluding steroid dienone is 4. The van der Waals surface area contributed by atoms with E-state index in [9.17, 15) is 60.7 Å². The minimum absolute atomic E-state index is 0.0223. The van der Waals surface area contributed by atoms with E-state index in [4.69, 9.17) is 5.41 Å². The molecule has 19 heteroatoms. The van der Waals surface area contributed by atoms with Crippen LogP contribution in [0.25, 0.3) is 11.6 Å². The third kappa shape index (κ3) is 5.20. The topological polar surface area (TPSA) is 98.6 Å². The van der Waals surface area contributed by atoms with Crippen molar-refractivity contribution < 1.29 is 60.7 Å². The molecular weight excluding hydrogens is 636 g/mol. The van der Waals surface area contributed by atoms with E-state index in [0.29, 0.717) is 0 Å². The molecular formula is C23H19F10N3O4S2. The lowest BCUT2D eigenvalue weighted by atomic mass is 9.95. The first-order chi connectivity index (χ1) is 18.9. The highest BCUT2D eigenvalue weighted by atomic mass is 32.2. The lowest BCUT2D eigenvalue weighted by Gasteiger charge is -2.28.